The Hall–Kier alpha value is -3.70. The van der Waals surface area contributed by atoms with Gasteiger partial charge in [0.2, 0.25) is 5.95 Å². The zero-order valence-corrected chi connectivity index (χ0v) is 17.0. The summed E-state index contributed by atoms with van der Waals surface area (Å²) in [6, 6.07) is 5.36. The van der Waals surface area contributed by atoms with Crippen molar-refractivity contribution in [1.82, 2.24) is 34.6 Å². The number of alkyl halides is 3. The van der Waals surface area contributed by atoms with Crippen molar-refractivity contribution in [2.75, 3.05) is 11.9 Å². The molecule has 0 aliphatic carbocycles. The molecule has 0 fully saturated rings. The van der Waals surface area contributed by atoms with Gasteiger partial charge >= 0.3 is 6.18 Å². The summed E-state index contributed by atoms with van der Waals surface area (Å²) >= 11 is 0. The maximum atomic E-state index is 12.7. The quantitative estimate of drug-likeness (QED) is 0.499. The van der Waals surface area contributed by atoms with Gasteiger partial charge < -0.3 is 10.1 Å². The average molecular weight is 444 g/mol. The van der Waals surface area contributed by atoms with Crippen LogP contribution >= 0.6 is 0 Å². The van der Waals surface area contributed by atoms with Crippen LogP contribution in [0.15, 0.2) is 36.8 Å². The monoisotopic (exact) mass is 444 g/mol. The predicted octanol–water partition coefficient (Wildman–Crippen LogP) is 3.87. The number of hydrogen-bond donors (Lipinski definition) is 1. The van der Waals surface area contributed by atoms with Crippen molar-refractivity contribution in [2.45, 2.75) is 31.4 Å². The third kappa shape index (κ3) is 3.95. The van der Waals surface area contributed by atoms with Gasteiger partial charge in [0.15, 0.2) is 0 Å². The number of aromatic nitrogens is 7. The molecule has 32 heavy (non-hydrogen) atoms. The van der Waals surface area contributed by atoms with Gasteiger partial charge in [0.05, 0.1) is 24.2 Å². The first-order chi connectivity index (χ1) is 15.4. The molecule has 4 aromatic heterocycles. The summed E-state index contributed by atoms with van der Waals surface area (Å²) in [5, 5.41) is 15.5. The van der Waals surface area contributed by atoms with E-state index in [4.69, 9.17) is 4.74 Å². The van der Waals surface area contributed by atoms with Crippen molar-refractivity contribution in [3.63, 3.8) is 0 Å². The Kier molecular flexibility index (Phi) is 4.91. The third-order valence-corrected chi connectivity index (χ3v) is 5.40. The van der Waals surface area contributed by atoms with Gasteiger partial charge in [-0.2, -0.15) is 18.3 Å². The van der Waals surface area contributed by atoms with Crippen LogP contribution in [-0.2, 0) is 7.05 Å². The van der Waals surface area contributed by atoms with Gasteiger partial charge in [-0.3, -0.25) is 4.68 Å². The van der Waals surface area contributed by atoms with E-state index in [9.17, 15) is 13.2 Å². The molecule has 0 bridgehead atoms. The molecule has 1 unspecified atom stereocenters. The van der Waals surface area contributed by atoms with Crippen LogP contribution in [0.3, 0.4) is 0 Å². The van der Waals surface area contributed by atoms with Crippen molar-refractivity contribution in [3.05, 3.63) is 42.5 Å². The second kappa shape index (κ2) is 7.77. The van der Waals surface area contributed by atoms with Gasteiger partial charge in [-0.15, -0.1) is 5.10 Å². The Morgan fingerprint density at radius 3 is 2.91 bits per heavy atom. The lowest BCUT2D eigenvalue weighted by molar-refractivity contribution is -0.136. The molecule has 0 amide bonds. The van der Waals surface area contributed by atoms with E-state index in [1.165, 1.54) is 0 Å². The van der Waals surface area contributed by atoms with Crippen molar-refractivity contribution < 1.29 is 17.9 Å². The van der Waals surface area contributed by atoms with Gasteiger partial charge in [-0.1, -0.05) is 5.21 Å². The van der Waals surface area contributed by atoms with Crippen molar-refractivity contribution in [3.8, 4) is 17.0 Å². The zero-order chi connectivity index (χ0) is 22.3. The molecule has 0 saturated heterocycles. The zero-order valence-electron chi connectivity index (χ0n) is 17.0. The summed E-state index contributed by atoms with van der Waals surface area (Å²) in [7, 11) is 1.80. The van der Waals surface area contributed by atoms with E-state index >= 15 is 0 Å². The summed E-state index contributed by atoms with van der Waals surface area (Å²) in [5.41, 5.74) is 2.48. The Balaban J connectivity index is 1.48. The number of halogens is 3. The van der Waals surface area contributed by atoms with Crippen LogP contribution < -0.4 is 10.1 Å². The number of nitrogens with one attached hydrogen (secondary N) is 1. The molecule has 1 aliphatic heterocycles. The minimum absolute atomic E-state index is 0.0443. The summed E-state index contributed by atoms with van der Waals surface area (Å²) in [4.78, 5) is 8.80. The van der Waals surface area contributed by atoms with Gasteiger partial charge in [0.1, 0.15) is 17.1 Å². The molecule has 5 rings (SSSR count). The third-order valence-electron chi connectivity index (χ3n) is 5.40. The van der Waals surface area contributed by atoms with Crippen LogP contribution in [0.1, 0.15) is 30.9 Å². The Morgan fingerprint density at radius 2 is 2.12 bits per heavy atom. The van der Waals surface area contributed by atoms with Gasteiger partial charge in [0, 0.05) is 43.4 Å². The summed E-state index contributed by atoms with van der Waals surface area (Å²) in [5.74, 6) is 1.29. The second-order valence-electron chi connectivity index (χ2n) is 7.58. The molecular formula is C20H19F3N8O. The van der Waals surface area contributed by atoms with E-state index in [-0.39, 0.29) is 12.3 Å². The molecule has 0 aromatic carbocycles. The Morgan fingerprint density at radius 1 is 1.25 bits per heavy atom. The van der Waals surface area contributed by atoms with Gasteiger partial charge in [-0.25, -0.2) is 14.5 Å². The van der Waals surface area contributed by atoms with Crippen LogP contribution in [0.2, 0.25) is 0 Å². The summed E-state index contributed by atoms with van der Waals surface area (Å²) in [6.07, 6.45) is 0.357. The van der Waals surface area contributed by atoms with E-state index in [0.717, 1.165) is 5.82 Å². The van der Waals surface area contributed by atoms with Crippen molar-refractivity contribution in [2.24, 2.45) is 7.05 Å². The normalized spacial score (nSPS) is 16.1. The maximum absolute atomic E-state index is 12.7. The molecule has 166 valence electrons. The molecular weight excluding hydrogens is 425 g/mol. The van der Waals surface area contributed by atoms with Gasteiger partial charge in [0.25, 0.3) is 0 Å². The number of hydrogen-bond acceptors (Lipinski definition) is 7. The summed E-state index contributed by atoms with van der Waals surface area (Å²) < 4.78 is 47.3. The highest BCUT2D eigenvalue weighted by atomic mass is 19.4. The number of ether oxygens (including phenoxy) is 1. The standard InChI is InChI=1S/C20H19F3N8O/c1-30-16(4-8-25-30)27-19-24-7-3-14(26-19)13-10-15-18-17(28-29-31(18)11-13)12(5-9-32-15)2-6-20(21,22)23/h3-4,7-8,10-12H,2,5-6,9H2,1H3,(H,24,26,27). The fraction of sp³-hybridized carbons (Fsp3) is 0.350. The highest BCUT2D eigenvalue weighted by Crippen LogP contribution is 2.38. The molecule has 0 saturated carbocycles. The molecule has 9 nitrogen and oxygen atoms in total. The SMILES string of the molecule is Cn1nccc1Nc1nccc(-c2cc3c4c(nnn4c2)C(CCC(F)(F)F)CCO3)n1. The summed E-state index contributed by atoms with van der Waals surface area (Å²) in [6.45, 7) is 0.301. The minimum Gasteiger partial charge on any atom is -0.491 e. The van der Waals surface area contributed by atoms with E-state index in [1.54, 1.807) is 47.0 Å². The largest absolute Gasteiger partial charge is 0.491 e. The molecule has 0 spiro atoms. The number of aryl methyl sites for hydroxylation is 1. The smallest absolute Gasteiger partial charge is 0.389 e. The average Bonchev–Trinajstić information content (AvgIpc) is 3.31. The minimum atomic E-state index is -4.21. The highest BCUT2D eigenvalue weighted by molar-refractivity contribution is 5.72. The fourth-order valence-electron chi connectivity index (χ4n) is 3.80. The lowest BCUT2D eigenvalue weighted by Crippen LogP contribution is -2.11. The maximum Gasteiger partial charge on any atom is 0.389 e. The molecule has 0 radical (unpaired) electrons. The molecule has 1 atom stereocenters. The first-order valence-electron chi connectivity index (χ1n) is 10.0. The second-order valence-corrected chi connectivity index (χ2v) is 7.58. The predicted molar refractivity (Wildman–Crippen MR) is 109 cm³/mol. The number of rotatable bonds is 5. The number of pyridine rings is 1. The van der Waals surface area contributed by atoms with E-state index in [0.29, 0.717) is 47.2 Å². The Labute approximate surface area is 180 Å². The molecule has 1 aliphatic rings. The topological polar surface area (TPSA) is 95.1 Å². The molecule has 1 N–H and O–H groups in total. The first kappa shape index (κ1) is 20.2. The number of anilines is 2. The van der Waals surface area contributed by atoms with Gasteiger partial charge in [-0.05, 0) is 25.0 Å². The first-order valence-corrected chi connectivity index (χ1v) is 10.0. The van der Waals surface area contributed by atoms with E-state index in [1.807, 2.05) is 6.07 Å². The highest BCUT2D eigenvalue weighted by Gasteiger charge is 2.32. The lowest BCUT2D eigenvalue weighted by Gasteiger charge is -2.13. The lowest BCUT2D eigenvalue weighted by atomic mass is 9.95. The van der Waals surface area contributed by atoms with Crippen LogP contribution in [0, 0.1) is 0 Å². The van der Waals surface area contributed by atoms with Crippen LogP contribution in [0.5, 0.6) is 5.75 Å². The van der Waals surface area contributed by atoms with E-state index < -0.39 is 12.6 Å². The fourth-order valence-corrected chi connectivity index (χ4v) is 3.80. The molecule has 12 heteroatoms. The van der Waals surface area contributed by atoms with E-state index in [2.05, 4.69) is 30.7 Å². The molecule has 5 heterocycles. The Bertz CT molecular complexity index is 1270. The molecule has 4 aromatic rings. The van der Waals surface area contributed by atoms with Crippen LogP contribution in [-0.4, -0.2) is 47.4 Å². The number of nitrogens with zero attached hydrogens (tertiary/aromatic N) is 7. The van der Waals surface area contributed by atoms with Crippen molar-refractivity contribution in [1.29, 1.82) is 0 Å². The van der Waals surface area contributed by atoms with Crippen LogP contribution in [0.4, 0.5) is 24.9 Å². The van der Waals surface area contributed by atoms with Crippen LogP contribution in [0.25, 0.3) is 16.8 Å². The van der Waals surface area contributed by atoms with Crippen molar-refractivity contribution >= 4 is 17.3 Å².